The van der Waals surface area contributed by atoms with Crippen LogP contribution in [-0.4, -0.2) is 127 Å². The van der Waals surface area contributed by atoms with Crippen LogP contribution in [0.5, 0.6) is 5.75 Å². The minimum absolute atomic E-state index is 0.0228. The summed E-state index contributed by atoms with van der Waals surface area (Å²) in [6, 6.07) is 3.10. The number of cyclic esters (lactones) is 1. The second kappa shape index (κ2) is 30.2. The number of non-ortho nitro benzene ring substituents is 1. The molecule has 79 heavy (non-hydrogen) atoms. The maximum absolute atomic E-state index is 14.8. The Labute approximate surface area is 465 Å². The van der Waals surface area contributed by atoms with Crippen molar-refractivity contribution < 1.29 is 67.2 Å². The molecule has 1 aliphatic carbocycles. The zero-order chi connectivity index (χ0) is 58.1. The second-order valence-corrected chi connectivity index (χ2v) is 22.5. The predicted octanol–water partition coefficient (Wildman–Crippen LogP) is 10.7. The van der Waals surface area contributed by atoms with Crippen LogP contribution < -0.4 is 4.74 Å². The first-order valence-electron chi connectivity index (χ1n) is 28.0. The molecule has 20 nitrogen and oxygen atoms in total. The standard InChI is InChI=1S/C59H85N5O15/c1-35-17-13-12-14-18-36(2)50(73-9)33-46-24-20-41(7)59(70,79-46)55(66)56(67)63-28-16-15-19-48(63)57(68)77-51(34-47(61-62-60)38(4)30-37(3)42(8)54(75-11)53(65)40(6)29-35)39(5)31-43-21-27-49(52(32-43)74-10)78-58(69)76-45-25-22-44(23-26-45)64(71)72/h12-14,17-18,22-23,25-26,30,35,38-43,46-52,54,70H,15-16,19-21,24,27-29,31-34H2,1-11H3/b14-12+,17-13+,36-18+,37-30+/t35-,38-,39-,40-,41-,42-,43+,46+,47+,48+,49-,50+,51+,52-,54-,59-/m1/s1. The molecule has 3 fully saturated rings. The fraction of sp³-hybridized carbons (Fsp3) is 0.678. The van der Waals surface area contributed by atoms with Gasteiger partial charge in [-0.25, -0.2) is 9.59 Å². The highest BCUT2D eigenvalue weighted by Gasteiger charge is 2.53. The van der Waals surface area contributed by atoms with Crippen LogP contribution in [0.3, 0.4) is 0 Å². The molecule has 0 spiro atoms. The molecule has 3 aliphatic heterocycles. The average molecular weight is 1100 g/mol. The molecule has 3 heterocycles. The summed E-state index contributed by atoms with van der Waals surface area (Å²) in [5.41, 5.74) is 11.6. The number of esters is 1. The van der Waals surface area contributed by atoms with Gasteiger partial charge in [-0.1, -0.05) is 88.7 Å². The molecule has 2 bridgehead atoms. The van der Waals surface area contributed by atoms with Crippen LogP contribution in [0, 0.1) is 51.5 Å². The van der Waals surface area contributed by atoms with Crippen molar-refractivity contribution in [1.29, 1.82) is 0 Å². The van der Waals surface area contributed by atoms with Gasteiger partial charge >= 0.3 is 12.1 Å². The zero-order valence-corrected chi connectivity index (χ0v) is 48.0. The molecule has 0 unspecified atom stereocenters. The van der Waals surface area contributed by atoms with Crippen molar-refractivity contribution >= 4 is 35.3 Å². The van der Waals surface area contributed by atoms with Crippen molar-refractivity contribution in [2.75, 3.05) is 27.9 Å². The molecule has 2 saturated heterocycles. The Balaban J connectivity index is 1.46. The number of carbonyl (C=O) groups is 5. The molecule has 1 aromatic rings. The molecule has 4 aliphatic rings. The largest absolute Gasteiger partial charge is 0.514 e. The Bertz CT molecular complexity index is 2440. The van der Waals surface area contributed by atoms with Crippen LogP contribution in [0.15, 0.2) is 77.0 Å². The Morgan fingerprint density at radius 2 is 1.62 bits per heavy atom. The van der Waals surface area contributed by atoms with Crippen LogP contribution >= 0.6 is 0 Å². The Kier molecular flexibility index (Phi) is 24.5. The van der Waals surface area contributed by atoms with Gasteiger partial charge in [-0.2, -0.15) is 0 Å². The van der Waals surface area contributed by atoms with E-state index in [0.717, 1.165) is 11.1 Å². The number of benzene rings is 1. The number of ketones is 2. The van der Waals surface area contributed by atoms with Crippen molar-refractivity contribution in [3.05, 3.63) is 92.4 Å². The van der Waals surface area contributed by atoms with Gasteiger partial charge in [-0.15, -0.1) is 0 Å². The van der Waals surface area contributed by atoms with Crippen LogP contribution in [-0.2, 0) is 47.6 Å². The smallest absolute Gasteiger partial charge is 0.461 e. The van der Waals surface area contributed by atoms with E-state index in [4.69, 9.17) is 33.2 Å². The van der Waals surface area contributed by atoms with Crippen molar-refractivity contribution in [1.82, 2.24) is 4.90 Å². The van der Waals surface area contributed by atoms with Crippen LogP contribution in [0.4, 0.5) is 10.5 Å². The number of Topliss-reactive ketones (excluding diaryl/α,β-unsaturated/α-hetero) is 2. The number of nitrogens with zero attached hydrogens (tertiary/aromatic N) is 5. The number of ether oxygens (including phenoxy) is 7. The summed E-state index contributed by atoms with van der Waals surface area (Å²) in [6.45, 7) is 15.3. The van der Waals surface area contributed by atoms with Gasteiger partial charge in [-0.05, 0) is 131 Å². The topological polar surface area (TPSA) is 265 Å². The van der Waals surface area contributed by atoms with Gasteiger partial charge in [0, 0.05) is 75.1 Å². The SMILES string of the molecule is CO[C@H]1C[C@@H]2CC[C@@H](C)[C@@](O)(O2)C(=O)C(=O)N2CCCC[C@H]2C(=O)O[C@H]([C@H](C)C[C@@H]2CC[C@@H](OC(=O)Oc3ccc([N+](=O)[O-])cc3)[C@H](OC)C2)C[C@H](N=[N+]=[N-])[C@H](C)/C=C(\C)[C@@H](C)[C@@H](OC)C(=O)[C@H](C)C[C@H](C)/C=C/C=C/C=C/1C. The first-order chi connectivity index (χ1) is 37.5. The minimum atomic E-state index is -2.47. The number of methoxy groups -OCH3 is 3. The molecule has 1 saturated carbocycles. The lowest BCUT2D eigenvalue weighted by atomic mass is 9.78. The third-order valence-electron chi connectivity index (χ3n) is 16.8. The molecule has 5 rings (SSSR count). The predicted molar refractivity (Wildman–Crippen MR) is 294 cm³/mol. The first kappa shape index (κ1) is 64.1. The van der Waals surface area contributed by atoms with Crippen LogP contribution in [0.25, 0.3) is 10.4 Å². The third kappa shape index (κ3) is 17.4. The van der Waals surface area contributed by atoms with E-state index in [0.29, 0.717) is 64.2 Å². The summed E-state index contributed by atoms with van der Waals surface area (Å²) in [6.07, 6.45) is 11.8. The highest BCUT2D eigenvalue weighted by atomic mass is 16.7. The zero-order valence-electron chi connectivity index (χ0n) is 48.0. The van der Waals surface area contributed by atoms with Crippen molar-refractivity contribution in [3.63, 3.8) is 0 Å². The lowest BCUT2D eigenvalue weighted by molar-refractivity contribution is -0.384. The Morgan fingerprint density at radius 3 is 2.28 bits per heavy atom. The number of nitro groups is 1. The fourth-order valence-corrected chi connectivity index (χ4v) is 11.7. The summed E-state index contributed by atoms with van der Waals surface area (Å²) < 4.78 is 41.3. The number of amides is 1. The normalized spacial score (nSPS) is 35.9. The van der Waals surface area contributed by atoms with Gasteiger partial charge in [0.1, 0.15) is 30.1 Å². The number of rotatable bonds is 10. The highest BCUT2D eigenvalue weighted by molar-refractivity contribution is 6.39. The second-order valence-electron chi connectivity index (χ2n) is 22.5. The van der Waals surface area contributed by atoms with Crippen LogP contribution in [0.2, 0.25) is 0 Å². The molecule has 1 N–H and O–H groups in total. The molecule has 436 valence electrons. The Morgan fingerprint density at radius 1 is 0.899 bits per heavy atom. The molecular formula is C59H85N5O15. The third-order valence-corrected chi connectivity index (χ3v) is 16.8. The average Bonchev–Trinajstić information content (AvgIpc) is 3.51. The van der Waals surface area contributed by atoms with Gasteiger partial charge in [0.2, 0.25) is 5.79 Å². The van der Waals surface area contributed by atoms with Crippen molar-refractivity contribution in [2.45, 2.75) is 187 Å². The van der Waals surface area contributed by atoms with E-state index in [-0.39, 0.29) is 66.2 Å². The van der Waals surface area contributed by atoms with Gasteiger partial charge < -0.3 is 43.2 Å². The lowest BCUT2D eigenvalue weighted by Crippen LogP contribution is -2.61. The van der Waals surface area contributed by atoms with E-state index < -0.39 is 95.1 Å². The summed E-state index contributed by atoms with van der Waals surface area (Å²) in [5, 5.41) is 27.4. The molecule has 1 aromatic carbocycles. The number of fused-ring (bicyclic) bond motifs is 3. The molecular weight excluding hydrogens is 1020 g/mol. The highest BCUT2D eigenvalue weighted by Crippen LogP contribution is 2.39. The van der Waals surface area contributed by atoms with E-state index >= 15 is 0 Å². The summed E-state index contributed by atoms with van der Waals surface area (Å²) >= 11 is 0. The fourth-order valence-electron chi connectivity index (χ4n) is 11.7. The number of piperidine rings is 1. The lowest BCUT2D eigenvalue weighted by Gasteiger charge is -2.43. The maximum atomic E-state index is 14.8. The number of nitro benzene ring substituents is 1. The molecule has 1 amide bonds. The number of hydrogen-bond donors (Lipinski definition) is 1. The molecule has 16 atom stereocenters. The number of azide groups is 1. The van der Waals surface area contributed by atoms with E-state index in [1.165, 1.54) is 43.4 Å². The Hall–Kier alpha value is -5.76. The number of allylic oxidation sites excluding steroid dienone is 5. The van der Waals surface area contributed by atoms with Gasteiger partial charge in [0.05, 0.1) is 23.2 Å². The van der Waals surface area contributed by atoms with E-state index in [9.17, 15) is 44.7 Å². The van der Waals surface area contributed by atoms with E-state index in [1.54, 1.807) is 14.0 Å². The van der Waals surface area contributed by atoms with Gasteiger partial charge in [0.25, 0.3) is 17.4 Å². The summed E-state index contributed by atoms with van der Waals surface area (Å²) in [5.74, 6) is -7.54. The van der Waals surface area contributed by atoms with E-state index in [2.05, 4.69) is 16.9 Å². The first-order valence-corrected chi connectivity index (χ1v) is 28.0. The van der Waals surface area contributed by atoms with E-state index in [1.807, 2.05) is 78.0 Å². The van der Waals surface area contributed by atoms with Crippen molar-refractivity contribution in [3.8, 4) is 5.75 Å². The number of aliphatic hydroxyl groups is 1. The molecule has 0 radical (unpaired) electrons. The minimum Gasteiger partial charge on any atom is -0.461 e. The summed E-state index contributed by atoms with van der Waals surface area (Å²) in [4.78, 5) is 85.6. The monoisotopic (exact) mass is 1100 g/mol. The quantitative estimate of drug-likeness (QED) is 0.0263. The molecule has 20 heteroatoms. The van der Waals surface area contributed by atoms with Crippen molar-refractivity contribution in [2.24, 2.45) is 46.5 Å². The maximum Gasteiger partial charge on any atom is 0.514 e. The number of hydrogen-bond acceptors (Lipinski definition) is 16. The van der Waals surface area contributed by atoms with Crippen LogP contribution in [0.1, 0.15) is 132 Å². The summed E-state index contributed by atoms with van der Waals surface area (Å²) in [7, 11) is 4.62. The van der Waals surface area contributed by atoms with Gasteiger partial charge in [-0.3, -0.25) is 24.5 Å². The van der Waals surface area contributed by atoms with Gasteiger partial charge in [0.15, 0.2) is 5.78 Å². The number of carbonyl (C=O) groups excluding carboxylic acids is 5. The molecule has 0 aromatic heterocycles.